The molecule has 5 aromatic rings. The Bertz CT molecular complexity index is 1540. The van der Waals surface area contributed by atoms with Crippen molar-refractivity contribution in [1.29, 1.82) is 0 Å². The van der Waals surface area contributed by atoms with Crippen molar-refractivity contribution in [2.45, 2.75) is 26.8 Å². The lowest BCUT2D eigenvalue weighted by molar-refractivity contribution is 0.102. The highest BCUT2D eigenvalue weighted by molar-refractivity contribution is 6.04. The van der Waals surface area contributed by atoms with Gasteiger partial charge in [-0.15, -0.1) is 10.2 Å². The summed E-state index contributed by atoms with van der Waals surface area (Å²) in [5.74, 6) is -0.356. The van der Waals surface area contributed by atoms with E-state index in [0.717, 1.165) is 11.3 Å². The largest absolute Gasteiger partial charge is 0.310 e. The summed E-state index contributed by atoms with van der Waals surface area (Å²) in [5.41, 5.74) is 3.53. The van der Waals surface area contributed by atoms with Gasteiger partial charge in [-0.1, -0.05) is 36.4 Å². The Labute approximate surface area is 207 Å². The van der Waals surface area contributed by atoms with Crippen LogP contribution in [0.25, 0.3) is 28.5 Å². The van der Waals surface area contributed by atoms with Gasteiger partial charge in [0.25, 0.3) is 5.91 Å². The van der Waals surface area contributed by atoms with E-state index >= 15 is 0 Å². The van der Waals surface area contributed by atoms with E-state index in [9.17, 15) is 9.18 Å². The third-order valence-corrected chi connectivity index (χ3v) is 5.81. The summed E-state index contributed by atoms with van der Waals surface area (Å²) in [6.07, 6.45) is 5.14. The molecular formula is C27H24FN7O. The summed E-state index contributed by atoms with van der Waals surface area (Å²) >= 11 is 0. The molecule has 1 amide bonds. The number of halogens is 1. The maximum Gasteiger partial charge on any atom is 0.259 e. The number of benzene rings is 2. The van der Waals surface area contributed by atoms with E-state index in [1.807, 2.05) is 54.9 Å². The second-order valence-electron chi connectivity index (χ2n) is 8.67. The highest BCUT2D eigenvalue weighted by atomic mass is 19.1. The lowest BCUT2D eigenvalue weighted by atomic mass is 10.1. The van der Waals surface area contributed by atoms with Gasteiger partial charge in [-0.2, -0.15) is 0 Å². The standard InChI is InChI=1S/C27H24FN7O/c1-17(2)35-16-30-33-26(35)22-10-7-11-25(31-22)32-27(36)20-13-24(18(3)12-21(20)28)34-14-23(29-15-34)19-8-5-4-6-9-19/h4-17H,1-3H3,(H,31,32,36). The van der Waals surface area contributed by atoms with E-state index in [1.165, 1.54) is 12.1 Å². The van der Waals surface area contributed by atoms with Gasteiger partial charge in [-0.05, 0) is 50.6 Å². The summed E-state index contributed by atoms with van der Waals surface area (Å²) in [6.45, 7) is 5.82. The summed E-state index contributed by atoms with van der Waals surface area (Å²) < 4.78 is 18.6. The molecule has 1 N–H and O–H groups in total. The molecule has 5 rings (SSSR count). The SMILES string of the molecule is Cc1cc(F)c(C(=O)Nc2cccc(-c3nncn3C(C)C)n2)cc1-n1cnc(-c2ccccc2)c1. The maximum atomic E-state index is 14.9. The molecule has 36 heavy (non-hydrogen) atoms. The number of hydrogen-bond acceptors (Lipinski definition) is 5. The number of aromatic nitrogens is 6. The van der Waals surface area contributed by atoms with Crippen molar-refractivity contribution in [3.63, 3.8) is 0 Å². The first-order valence-electron chi connectivity index (χ1n) is 11.5. The molecule has 0 aliphatic carbocycles. The summed E-state index contributed by atoms with van der Waals surface area (Å²) in [5, 5.41) is 10.8. The number of nitrogens with zero attached hydrogens (tertiary/aromatic N) is 6. The average molecular weight is 482 g/mol. The zero-order valence-electron chi connectivity index (χ0n) is 20.1. The molecule has 0 fully saturated rings. The zero-order valence-corrected chi connectivity index (χ0v) is 20.1. The predicted octanol–water partition coefficient (Wildman–Crippen LogP) is 5.47. The lowest BCUT2D eigenvalue weighted by Gasteiger charge is -2.12. The Hall–Kier alpha value is -4.66. The molecule has 0 aliphatic heterocycles. The van der Waals surface area contributed by atoms with Gasteiger partial charge in [-0.3, -0.25) is 4.79 Å². The number of pyridine rings is 1. The van der Waals surface area contributed by atoms with E-state index in [-0.39, 0.29) is 17.4 Å². The Morgan fingerprint density at radius 3 is 2.58 bits per heavy atom. The van der Waals surface area contributed by atoms with Crippen LogP contribution in [0.4, 0.5) is 10.2 Å². The van der Waals surface area contributed by atoms with E-state index in [1.54, 1.807) is 42.3 Å². The number of carbonyl (C=O) groups is 1. The van der Waals surface area contributed by atoms with Gasteiger partial charge in [-0.25, -0.2) is 14.4 Å². The minimum absolute atomic E-state index is 0.0943. The van der Waals surface area contributed by atoms with Gasteiger partial charge in [0.2, 0.25) is 0 Å². The van der Waals surface area contributed by atoms with Crippen molar-refractivity contribution < 1.29 is 9.18 Å². The molecule has 8 nitrogen and oxygen atoms in total. The van der Waals surface area contributed by atoms with E-state index in [4.69, 9.17) is 0 Å². The van der Waals surface area contributed by atoms with Gasteiger partial charge in [0.1, 0.15) is 23.7 Å². The summed E-state index contributed by atoms with van der Waals surface area (Å²) in [4.78, 5) is 22.0. The molecule has 0 unspecified atom stereocenters. The maximum absolute atomic E-state index is 14.9. The first kappa shape index (κ1) is 23.1. The molecule has 0 spiro atoms. The van der Waals surface area contributed by atoms with Gasteiger partial charge >= 0.3 is 0 Å². The van der Waals surface area contributed by atoms with Crippen LogP contribution >= 0.6 is 0 Å². The molecular weight excluding hydrogens is 457 g/mol. The highest BCUT2D eigenvalue weighted by Crippen LogP contribution is 2.24. The van der Waals surface area contributed by atoms with E-state index in [0.29, 0.717) is 22.8 Å². The van der Waals surface area contributed by atoms with Crippen LogP contribution in [-0.2, 0) is 0 Å². The zero-order chi connectivity index (χ0) is 25.2. The lowest BCUT2D eigenvalue weighted by Crippen LogP contribution is -2.16. The number of hydrogen-bond donors (Lipinski definition) is 1. The molecule has 2 aromatic carbocycles. The monoisotopic (exact) mass is 481 g/mol. The molecule has 180 valence electrons. The van der Waals surface area contributed by atoms with Crippen molar-refractivity contribution in [2.24, 2.45) is 0 Å². The number of carbonyl (C=O) groups excluding carboxylic acids is 1. The Morgan fingerprint density at radius 2 is 1.81 bits per heavy atom. The topological polar surface area (TPSA) is 90.5 Å². The fourth-order valence-electron chi connectivity index (χ4n) is 3.94. The smallest absolute Gasteiger partial charge is 0.259 e. The Kier molecular flexibility index (Phi) is 6.12. The van der Waals surface area contributed by atoms with Gasteiger partial charge in [0, 0.05) is 17.8 Å². The molecule has 0 atom stereocenters. The van der Waals surface area contributed by atoms with Crippen LogP contribution in [0.1, 0.15) is 35.8 Å². The van der Waals surface area contributed by atoms with Crippen molar-refractivity contribution >= 4 is 11.7 Å². The van der Waals surface area contributed by atoms with Crippen LogP contribution in [0.15, 0.2) is 79.5 Å². The molecule has 3 heterocycles. The molecule has 0 saturated carbocycles. The molecule has 0 aliphatic rings. The molecule has 0 radical (unpaired) electrons. The summed E-state index contributed by atoms with van der Waals surface area (Å²) in [6, 6.07) is 17.9. The third-order valence-electron chi connectivity index (χ3n) is 5.81. The minimum atomic E-state index is -0.618. The average Bonchev–Trinajstić information content (AvgIpc) is 3.55. The van der Waals surface area contributed by atoms with Crippen molar-refractivity contribution in [2.75, 3.05) is 5.32 Å². The van der Waals surface area contributed by atoms with E-state index in [2.05, 4.69) is 25.5 Å². The minimum Gasteiger partial charge on any atom is -0.310 e. The summed E-state index contributed by atoms with van der Waals surface area (Å²) in [7, 11) is 0. The van der Waals surface area contributed by atoms with Crippen LogP contribution < -0.4 is 5.32 Å². The first-order valence-corrected chi connectivity index (χ1v) is 11.5. The van der Waals surface area contributed by atoms with Crippen molar-refractivity contribution in [3.05, 3.63) is 96.5 Å². The molecule has 9 heteroatoms. The number of imidazole rings is 1. The quantitative estimate of drug-likeness (QED) is 0.347. The van der Waals surface area contributed by atoms with E-state index < -0.39 is 11.7 Å². The van der Waals surface area contributed by atoms with Crippen LogP contribution in [0.2, 0.25) is 0 Å². The number of rotatable bonds is 6. The third kappa shape index (κ3) is 4.50. The fraction of sp³-hybridized carbons (Fsp3) is 0.148. The van der Waals surface area contributed by atoms with Gasteiger partial charge in [0.15, 0.2) is 5.82 Å². The predicted molar refractivity (Wildman–Crippen MR) is 135 cm³/mol. The second kappa shape index (κ2) is 9.53. The van der Waals surface area contributed by atoms with Gasteiger partial charge in [0.05, 0.1) is 23.3 Å². The fourth-order valence-corrected chi connectivity index (χ4v) is 3.94. The molecule has 0 bridgehead atoms. The van der Waals surface area contributed by atoms with Crippen LogP contribution in [0.3, 0.4) is 0 Å². The normalized spacial score (nSPS) is 11.1. The van der Waals surface area contributed by atoms with Crippen LogP contribution in [-0.4, -0.2) is 35.2 Å². The Balaban J connectivity index is 1.43. The van der Waals surface area contributed by atoms with Crippen molar-refractivity contribution in [1.82, 2.24) is 29.3 Å². The molecule has 0 saturated heterocycles. The van der Waals surface area contributed by atoms with Crippen LogP contribution in [0.5, 0.6) is 0 Å². The number of anilines is 1. The molecule has 3 aromatic heterocycles. The number of aryl methyl sites for hydroxylation is 1. The Morgan fingerprint density at radius 1 is 1.00 bits per heavy atom. The number of amides is 1. The van der Waals surface area contributed by atoms with Crippen LogP contribution in [0, 0.1) is 12.7 Å². The van der Waals surface area contributed by atoms with Gasteiger partial charge < -0.3 is 14.5 Å². The number of nitrogens with one attached hydrogen (secondary N) is 1. The van der Waals surface area contributed by atoms with Crippen molar-refractivity contribution in [3.8, 4) is 28.5 Å². The second-order valence-corrected chi connectivity index (χ2v) is 8.67. The first-order chi connectivity index (χ1) is 17.4. The highest BCUT2D eigenvalue weighted by Gasteiger charge is 2.18.